The summed E-state index contributed by atoms with van der Waals surface area (Å²) in [5.41, 5.74) is 0.446. The SMILES string of the molecule is COC(=O)c1cccc(O[C@@H]2C[C@@H]3CN(CC4OCCO4)C[C@@H]3C[C@H]2O)c1.O=CO. The molecule has 0 unspecified atom stereocenters. The Morgan fingerprint density at radius 2 is 1.90 bits per heavy atom. The van der Waals surface area contributed by atoms with Gasteiger partial charge in [0.1, 0.15) is 11.9 Å². The molecule has 3 aliphatic rings. The molecule has 9 nitrogen and oxygen atoms in total. The number of hydrogen-bond acceptors (Lipinski definition) is 8. The molecule has 0 bridgehead atoms. The van der Waals surface area contributed by atoms with Crippen molar-refractivity contribution in [3.63, 3.8) is 0 Å². The highest BCUT2D eigenvalue weighted by atomic mass is 16.7. The first-order chi connectivity index (χ1) is 14.5. The minimum absolute atomic E-state index is 0.122. The van der Waals surface area contributed by atoms with Gasteiger partial charge in [-0.3, -0.25) is 9.69 Å². The van der Waals surface area contributed by atoms with E-state index < -0.39 is 12.1 Å². The topological polar surface area (TPSA) is 115 Å². The van der Waals surface area contributed by atoms with Gasteiger partial charge >= 0.3 is 5.97 Å². The zero-order valence-corrected chi connectivity index (χ0v) is 17.0. The van der Waals surface area contributed by atoms with Crippen molar-refractivity contribution in [3.8, 4) is 5.75 Å². The van der Waals surface area contributed by atoms with E-state index in [-0.39, 0.29) is 18.9 Å². The molecule has 2 aliphatic heterocycles. The Labute approximate surface area is 175 Å². The van der Waals surface area contributed by atoms with Crippen LogP contribution >= 0.6 is 0 Å². The Bertz CT molecular complexity index is 708. The fourth-order valence-electron chi connectivity index (χ4n) is 4.48. The molecular weight excluding hydrogens is 394 g/mol. The number of carbonyl (C=O) groups excluding carboxylic acids is 1. The largest absolute Gasteiger partial charge is 0.488 e. The molecular formula is C21H29NO8. The van der Waals surface area contributed by atoms with Gasteiger partial charge in [0.25, 0.3) is 6.47 Å². The number of methoxy groups -OCH3 is 1. The molecule has 1 aromatic carbocycles. The fraction of sp³-hybridized carbons (Fsp3) is 0.619. The number of aliphatic hydroxyl groups is 1. The van der Waals surface area contributed by atoms with Crippen LogP contribution in [0.3, 0.4) is 0 Å². The van der Waals surface area contributed by atoms with E-state index in [1.807, 2.05) is 0 Å². The predicted octanol–water partition coefficient (Wildman–Crippen LogP) is 0.997. The molecule has 1 aromatic rings. The Kier molecular flexibility index (Phi) is 8.03. The number of benzene rings is 1. The van der Waals surface area contributed by atoms with E-state index >= 15 is 0 Å². The van der Waals surface area contributed by atoms with Crippen LogP contribution in [-0.4, -0.2) is 86.0 Å². The van der Waals surface area contributed by atoms with Gasteiger partial charge in [-0.25, -0.2) is 4.79 Å². The van der Waals surface area contributed by atoms with Crippen LogP contribution < -0.4 is 4.74 Å². The van der Waals surface area contributed by atoms with Crippen molar-refractivity contribution in [3.05, 3.63) is 29.8 Å². The van der Waals surface area contributed by atoms with Crippen molar-refractivity contribution in [2.24, 2.45) is 11.8 Å². The number of fused-ring (bicyclic) bond motifs is 1. The molecule has 0 aromatic heterocycles. The van der Waals surface area contributed by atoms with E-state index in [4.69, 9.17) is 28.8 Å². The predicted molar refractivity (Wildman–Crippen MR) is 105 cm³/mol. The van der Waals surface area contributed by atoms with Gasteiger partial charge in [0.2, 0.25) is 0 Å². The average molecular weight is 423 g/mol. The second-order valence-electron chi connectivity index (χ2n) is 7.73. The fourth-order valence-corrected chi connectivity index (χ4v) is 4.48. The van der Waals surface area contributed by atoms with E-state index in [0.29, 0.717) is 36.4 Å². The standard InChI is InChI=1S/C20H27NO6.CH2O2/c1-24-20(23)13-3-2-4-16(7-13)27-18-9-15-11-21(10-14(15)8-17(18)22)12-19-25-5-6-26-19;2-1-3/h2-4,7,14-15,17-19,22H,5-6,8-12H2,1H3;1H,(H,2,3)/t14-,15+,17+,18+;/m0./s1. The van der Waals surface area contributed by atoms with Crippen LogP contribution in [0.25, 0.3) is 0 Å². The number of rotatable bonds is 5. The first kappa shape index (κ1) is 22.5. The molecule has 9 heteroatoms. The Hall–Kier alpha value is -2.20. The van der Waals surface area contributed by atoms with Crippen LogP contribution in [0, 0.1) is 11.8 Å². The van der Waals surface area contributed by atoms with Crippen molar-refractivity contribution in [2.75, 3.05) is 40.0 Å². The second kappa shape index (κ2) is 10.7. The lowest BCUT2D eigenvalue weighted by molar-refractivity contribution is -0.122. The Balaban J connectivity index is 0.000000806. The highest BCUT2D eigenvalue weighted by molar-refractivity contribution is 5.89. The number of hydrogen-bond donors (Lipinski definition) is 2. The average Bonchev–Trinajstić information content (AvgIpc) is 3.38. The molecule has 4 atom stereocenters. The van der Waals surface area contributed by atoms with Crippen molar-refractivity contribution < 1.29 is 38.7 Å². The van der Waals surface area contributed by atoms with Crippen LogP contribution in [0.1, 0.15) is 23.2 Å². The Morgan fingerprint density at radius 1 is 1.23 bits per heavy atom. The molecule has 2 saturated heterocycles. The Morgan fingerprint density at radius 3 is 2.57 bits per heavy atom. The number of carboxylic acid groups (broad SMARTS) is 1. The van der Waals surface area contributed by atoms with Crippen LogP contribution in [0.15, 0.2) is 24.3 Å². The highest BCUT2D eigenvalue weighted by Crippen LogP contribution is 2.38. The summed E-state index contributed by atoms with van der Waals surface area (Å²) in [4.78, 5) is 22.4. The molecule has 0 radical (unpaired) electrons. The van der Waals surface area contributed by atoms with Crippen molar-refractivity contribution in [1.29, 1.82) is 0 Å². The van der Waals surface area contributed by atoms with Crippen LogP contribution in [-0.2, 0) is 19.0 Å². The smallest absolute Gasteiger partial charge is 0.337 e. The maximum atomic E-state index is 11.7. The van der Waals surface area contributed by atoms with Crippen molar-refractivity contribution in [2.45, 2.75) is 31.3 Å². The first-order valence-electron chi connectivity index (χ1n) is 10.1. The number of nitrogens with zero attached hydrogens (tertiary/aromatic N) is 1. The van der Waals surface area contributed by atoms with Gasteiger partial charge < -0.3 is 29.2 Å². The quantitative estimate of drug-likeness (QED) is 0.529. The third-order valence-corrected chi connectivity index (χ3v) is 5.80. The molecule has 0 spiro atoms. The molecule has 30 heavy (non-hydrogen) atoms. The highest BCUT2D eigenvalue weighted by Gasteiger charge is 2.43. The number of carbonyl (C=O) groups is 2. The zero-order valence-electron chi connectivity index (χ0n) is 17.0. The summed E-state index contributed by atoms with van der Waals surface area (Å²) in [5, 5.41) is 17.5. The van der Waals surface area contributed by atoms with Gasteiger partial charge in [0, 0.05) is 19.6 Å². The monoisotopic (exact) mass is 423 g/mol. The molecule has 3 fully saturated rings. The number of aliphatic hydroxyl groups excluding tert-OH is 1. The molecule has 0 amide bonds. The van der Waals surface area contributed by atoms with Gasteiger partial charge in [-0.2, -0.15) is 0 Å². The van der Waals surface area contributed by atoms with E-state index in [1.165, 1.54) is 7.11 Å². The lowest BCUT2D eigenvalue weighted by atomic mass is 9.78. The van der Waals surface area contributed by atoms with Crippen LogP contribution in [0.2, 0.25) is 0 Å². The third kappa shape index (κ3) is 5.69. The van der Waals surface area contributed by atoms with E-state index in [1.54, 1.807) is 24.3 Å². The second-order valence-corrected chi connectivity index (χ2v) is 7.73. The zero-order chi connectivity index (χ0) is 21.5. The first-order valence-corrected chi connectivity index (χ1v) is 10.1. The number of likely N-dealkylation sites (tertiary alicyclic amines) is 1. The minimum atomic E-state index is -0.507. The summed E-state index contributed by atoms with van der Waals surface area (Å²) in [5.74, 6) is 1.15. The van der Waals surface area contributed by atoms with Gasteiger partial charge in [0.05, 0.1) is 32.0 Å². The van der Waals surface area contributed by atoms with E-state index in [2.05, 4.69) is 4.90 Å². The summed E-state index contributed by atoms with van der Waals surface area (Å²) in [7, 11) is 1.36. The number of esters is 1. The normalized spacial score (nSPS) is 28.9. The van der Waals surface area contributed by atoms with E-state index in [0.717, 1.165) is 32.5 Å². The molecule has 166 valence electrons. The van der Waals surface area contributed by atoms with Gasteiger partial charge in [0.15, 0.2) is 6.29 Å². The molecule has 1 aliphatic carbocycles. The van der Waals surface area contributed by atoms with Gasteiger partial charge in [-0.1, -0.05) is 6.07 Å². The maximum Gasteiger partial charge on any atom is 0.337 e. The minimum Gasteiger partial charge on any atom is -0.488 e. The lowest BCUT2D eigenvalue weighted by Crippen LogP contribution is -2.42. The van der Waals surface area contributed by atoms with Crippen LogP contribution in [0.4, 0.5) is 0 Å². The van der Waals surface area contributed by atoms with Crippen LogP contribution in [0.5, 0.6) is 5.75 Å². The number of ether oxygens (including phenoxy) is 4. The van der Waals surface area contributed by atoms with Crippen molar-refractivity contribution >= 4 is 12.4 Å². The van der Waals surface area contributed by atoms with Crippen molar-refractivity contribution in [1.82, 2.24) is 4.90 Å². The lowest BCUT2D eigenvalue weighted by Gasteiger charge is -2.35. The third-order valence-electron chi connectivity index (χ3n) is 5.80. The van der Waals surface area contributed by atoms with Gasteiger partial charge in [-0.15, -0.1) is 0 Å². The summed E-state index contributed by atoms with van der Waals surface area (Å²) < 4.78 is 21.9. The molecule has 2 N–H and O–H groups in total. The summed E-state index contributed by atoms with van der Waals surface area (Å²) in [6.45, 7) is 3.82. The summed E-state index contributed by atoms with van der Waals surface area (Å²) in [6.07, 6.45) is 0.639. The molecule has 4 rings (SSSR count). The van der Waals surface area contributed by atoms with Gasteiger partial charge in [-0.05, 0) is 42.9 Å². The molecule has 1 saturated carbocycles. The van der Waals surface area contributed by atoms with E-state index in [9.17, 15) is 9.90 Å². The summed E-state index contributed by atoms with van der Waals surface area (Å²) in [6, 6.07) is 6.92. The maximum absolute atomic E-state index is 11.7. The summed E-state index contributed by atoms with van der Waals surface area (Å²) >= 11 is 0. The molecule has 2 heterocycles.